The van der Waals surface area contributed by atoms with Gasteiger partial charge in [0, 0.05) is 11.3 Å². The lowest BCUT2D eigenvalue weighted by molar-refractivity contribution is -0.132. The Morgan fingerprint density at radius 1 is 1.31 bits per heavy atom. The van der Waals surface area contributed by atoms with Crippen molar-refractivity contribution in [3.05, 3.63) is 41.7 Å². The van der Waals surface area contributed by atoms with Gasteiger partial charge in [-0.05, 0) is 31.0 Å². The van der Waals surface area contributed by atoms with Gasteiger partial charge in [0.15, 0.2) is 5.16 Å². The molecule has 1 unspecified atom stereocenters. The fourth-order valence-electron chi connectivity index (χ4n) is 2.36. The molecule has 1 atom stereocenters. The lowest BCUT2D eigenvalue weighted by atomic mass is 10.00. The van der Waals surface area contributed by atoms with Gasteiger partial charge in [-0.3, -0.25) is 20.1 Å². The number of thioether (sulfide) groups is 1. The van der Waals surface area contributed by atoms with Crippen LogP contribution in [0.25, 0.3) is 0 Å². The highest BCUT2D eigenvalue weighted by molar-refractivity contribution is 7.98. The monoisotopic (exact) mass is 374 g/mol. The molecule has 0 bridgehead atoms. The molecular formula is C16H18N6O3S. The molecule has 1 aliphatic rings. The predicted molar refractivity (Wildman–Crippen MR) is 93.9 cm³/mol. The number of nitrogens with zero attached hydrogens (tertiary/aromatic N) is 3. The van der Waals surface area contributed by atoms with Gasteiger partial charge in [0.2, 0.25) is 0 Å². The zero-order valence-electron chi connectivity index (χ0n) is 14.3. The van der Waals surface area contributed by atoms with Gasteiger partial charge < -0.3 is 5.32 Å². The van der Waals surface area contributed by atoms with E-state index in [1.807, 2.05) is 0 Å². The molecule has 26 heavy (non-hydrogen) atoms. The molecule has 1 saturated heterocycles. The van der Waals surface area contributed by atoms with Crippen LogP contribution in [0, 0.1) is 0 Å². The summed E-state index contributed by atoms with van der Waals surface area (Å²) in [6, 6.07) is 6.26. The Labute approximate surface area is 153 Å². The maximum absolute atomic E-state index is 12.3. The van der Waals surface area contributed by atoms with Gasteiger partial charge in [-0.1, -0.05) is 30.8 Å². The molecule has 9 nitrogen and oxygen atoms in total. The summed E-state index contributed by atoms with van der Waals surface area (Å²) in [7, 11) is 0. The van der Waals surface area contributed by atoms with Crippen molar-refractivity contribution >= 4 is 29.6 Å². The van der Waals surface area contributed by atoms with Crippen LogP contribution in [0.3, 0.4) is 0 Å². The van der Waals surface area contributed by atoms with Gasteiger partial charge >= 0.3 is 6.03 Å². The molecule has 0 aliphatic carbocycles. The third kappa shape index (κ3) is 3.54. The summed E-state index contributed by atoms with van der Waals surface area (Å²) >= 11 is 1.49. The number of hydrazine groups is 1. The van der Waals surface area contributed by atoms with Crippen molar-refractivity contribution < 1.29 is 14.4 Å². The van der Waals surface area contributed by atoms with Crippen molar-refractivity contribution in [2.75, 3.05) is 0 Å². The van der Waals surface area contributed by atoms with Crippen LogP contribution < -0.4 is 10.7 Å². The largest absolute Gasteiger partial charge is 0.344 e. The van der Waals surface area contributed by atoms with E-state index in [2.05, 4.69) is 25.9 Å². The Morgan fingerprint density at radius 3 is 2.62 bits per heavy atom. The number of amides is 4. The molecule has 1 aliphatic heterocycles. The van der Waals surface area contributed by atoms with E-state index in [0.29, 0.717) is 22.9 Å². The first kappa shape index (κ1) is 17.9. The van der Waals surface area contributed by atoms with Crippen molar-refractivity contribution in [1.29, 1.82) is 0 Å². The number of H-pyrrole nitrogens is 1. The summed E-state index contributed by atoms with van der Waals surface area (Å²) in [5.74, 6) is -0.333. The van der Waals surface area contributed by atoms with E-state index in [0.717, 1.165) is 10.6 Å². The fraction of sp³-hybridized carbons (Fsp3) is 0.312. The molecule has 10 heteroatoms. The van der Waals surface area contributed by atoms with Crippen LogP contribution in [-0.4, -0.2) is 43.6 Å². The van der Waals surface area contributed by atoms with Crippen LogP contribution in [0.5, 0.6) is 0 Å². The van der Waals surface area contributed by atoms with E-state index < -0.39 is 23.4 Å². The highest BCUT2D eigenvalue weighted by Gasteiger charge is 2.47. The molecule has 3 N–H and O–H groups in total. The topological polar surface area (TPSA) is 120 Å². The minimum atomic E-state index is -0.994. The smallest absolute Gasteiger partial charge is 0.322 e. The van der Waals surface area contributed by atoms with Crippen LogP contribution in [0.15, 0.2) is 35.7 Å². The first-order valence-electron chi connectivity index (χ1n) is 7.98. The number of imide groups is 1. The number of aromatic nitrogens is 3. The van der Waals surface area contributed by atoms with E-state index in [1.54, 1.807) is 38.1 Å². The number of nitrogens with one attached hydrogen (secondary N) is 3. The second-order valence-electron chi connectivity index (χ2n) is 5.97. The number of benzene rings is 1. The van der Waals surface area contributed by atoms with Crippen molar-refractivity contribution in [3.63, 3.8) is 0 Å². The van der Waals surface area contributed by atoms with Crippen molar-refractivity contribution in [3.8, 4) is 0 Å². The normalized spacial score (nSPS) is 19.5. The number of urea groups is 1. The lowest BCUT2D eigenvalue weighted by Gasteiger charge is -2.19. The number of carbonyl (C=O) groups excluding carboxylic acids is 3. The first-order valence-corrected chi connectivity index (χ1v) is 8.96. The number of hydrogen-bond donors (Lipinski definition) is 3. The third-order valence-corrected chi connectivity index (χ3v) is 5.11. The zero-order chi connectivity index (χ0) is 18.7. The maximum atomic E-state index is 12.3. The number of hydrogen-bond acceptors (Lipinski definition) is 6. The summed E-state index contributed by atoms with van der Waals surface area (Å²) in [4.78, 5) is 40.6. The summed E-state index contributed by atoms with van der Waals surface area (Å²) in [5, 5.41) is 10.6. The molecule has 0 spiro atoms. The summed E-state index contributed by atoms with van der Waals surface area (Å²) in [5.41, 5.74) is 2.72. The zero-order valence-corrected chi connectivity index (χ0v) is 15.1. The van der Waals surface area contributed by atoms with Crippen LogP contribution in [-0.2, 0) is 10.5 Å². The molecule has 2 heterocycles. The van der Waals surface area contributed by atoms with Gasteiger partial charge in [0.05, 0.1) is 0 Å². The summed E-state index contributed by atoms with van der Waals surface area (Å²) in [6.45, 7) is 3.42. The van der Waals surface area contributed by atoms with Crippen LogP contribution >= 0.6 is 11.8 Å². The number of aromatic amines is 1. The highest BCUT2D eigenvalue weighted by atomic mass is 32.2. The van der Waals surface area contributed by atoms with E-state index in [1.165, 1.54) is 18.1 Å². The number of carbonyl (C=O) groups is 3. The molecule has 1 aromatic heterocycles. The van der Waals surface area contributed by atoms with E-state index in [-0.39, 0.29) is 0 Å². The van der Waals surface area contributed by atoms with Gasteiger partial charge in [0.25, 0.3) is 11.8 Å². The second kappa shape index (κ2) is 7.16. The van der Waals surface area contributed by atoms with Crippen LogP contribution in [0.2, 0.25) is 0 Å². The van der Waals surface area contributed by atoms with Gasteiger partial charge in [-0.15, -0.1) is 0 Å². The van der Waals surface area contributed by atoms with Crippen molar-refractivity contribution in [2.24, 2.45) is 0 Å². The molecule has 0 radical (unpaired) electrons. The Balaban J connectivity index is 1.61. The SMILES string of the molecule is CCC1(C)NC(=O)N(NC(=O)c2ccc(CSc3ncn[nH]3)cc2)C1=O. The molecule has 3 rings (SSSR count). The Hall–Kier alpha value is -2.88. The molecule has 1 fully saturated rings. The minimum Gasteiger partial charge on any atom is -0.322 e. The number of rotatable bonds is 6. The molecule has 2 aromatic rings. The first-order chi connectivity index (χ1) is 12.4. The quantitative estimate of drug-likeness (QED) is 0.520. The fourth-order valence-corrected chi connectivity index (χ4v) is 3.09. The van der Waals surface area contributed by atoms with Gasteiger partial charge in [-0.25, -0.2) is 9.78 Å². The molecule has 1 aromatic carbocycles. The standard InChI is InChI=1S/C16H18N6O3S/c1-3-16(2)13(24)22(15(25)19-16)21-12(23)11-6-4-10(5-7-11)8-26-14-17-9-18-20-14/h4-7,9H,3,8H2,1-2H3,(H,19,25)(H,21,23)(H,17,18,20). The maximum Gasteiger partial charge on any atom is 0.344 e. The lowest BCUT2D eigenvalue weighted by Crippen LogP contribution is -2.48. The highest BCUT2D eigenvalue weighted by Crippen LogP contribution is 2.20. The van der Waals surface area contributed by atoms with E-state index in [9.17, 15) is 14.4 Å². The Kier molecular flexibility index (Phi) is 4.94. The predicted octanol–water partition coefficient (Wildman–Crippen LogP) is 1.46. The Morgan fingerprint density at radius 2 is 2.04 bits per heavy atom. The van der Waals surface area contributed by atoms with Crippen molar-refractivity contribution in [1.82, 2.24) is 30.9 Å². The van der Waals surface area contributed by atoms with Gasteiger partial charge in [0.1, 0.15) is 11.9 Å². The van der Waals surface area contributed by atoms with Crippen LogP contribution in [0.4, 0.5) is 4.79 Å². The van der Waals surface area contributed by atoms with Gasteiger partial charge in [-0.2, -0.15) is 10.1 Å². The summed E-state index contributed by atoms with van der Waals surface area (Å²) < 4.78 is 0. The minimum absolute atomic E-state index is 0.351. The van der Waals surface area contributed by atoms with E-state index >= 15 is 0 Å². The summed E-state index contributed by atoms with van der Waals surface area (Å²) in [6.07, 6.45) is 1.87. The molecule has 136 valence electrons. The molecule has 4 amide bonds. The molecular weight excluding hydrogens is 356 g/mol. The average molecular weight is 374 g/mol. The Bertz CT molecular complexity index is 823. The molecule has 0 saturated carbocycles. The van der Waals surface area contributed by atoms with Crippen LogP contribution in [0.1, 0.15) is 36.2 Å². The third-order valence-electron chi connectivity index (χ3n) is 4.17. The average Bonchev–Trinajstić information content (AvgIpc) is 3.23. The van der Waals surface area contributed by atoms with Crippen molar-refractivity contribution in [2.45, 2.75) is 36.7 Å². The second-order valence-corrected chi connectivity index (χ2v) is 6.94. The van der Waals surface area contributed by atoms with E-state index in [4.69, 9.17) is 0 Å².